The van der Waals surface area contributed by atoms with E-state index in [2.05, 4.69) is 10.3 Å². The lowest BCUT2D eigenvalue weighted by atomic mass is 10.1. The molecular weight excluding hydrogens is 216 g/mol. The molecule has 94 valence electrons. The van der Waals surface area contributed by atoms with Gasteiger partial charge in [0.05, 0.1) is 6.10 Å². The van der Waals surface area contributed by atoms with Crippen molar-refractivity contribution in [2.75, 3.05) is 13.1 Å². The van der Waals surface area contributed by atoms with E-state index in [1.165, 1.54) is 0 Å². The first-order valence-electron chi connectivity index (χ1n) is 6.25. The van der Waals surface area contributed by atoms with Crippen molar-refractivity contribution in [1.29, 1.82) is 0 Å². The Labute approximate surface area is 102 Å². The van der Waals surface area contributed by atoms with E-state index in [0.717, 1.165) is 25.9 Å². The Balaban J connectivity index is 1.95. The number of rotatable bonds is 4. The van der Waals surface area contributed by atoms with E-state index in [-0.39, 0.29) is 12.2 Å². The lowest BCUT2D eigenvalue weighted by Crippen LogP contribution is -2.37. The van der Waals surface area contributed by atoms with Crippen LogP contribution in [0.4, 0.5) is 0 Å². The molecule has 0 amide bonds. The van der Waals surface area contributed by atoms with Gasteiger partial charge in [0.1, 0.15) is 6.10 Å². The van der Waals surface area contributed by atoms with Crippen molar-refractivity contribution in [2.45, 2.75) is 38.9 Å². The summed E-state index contributed by atoms with van der Waals surface area (Å²) in [4.78, 5) is 4.33. The number of ether oxygens (including phenoxy) is 2. The lowest BCUT2D eigenvalue weighted by Gasteiger charge is -2.23. The summed E-state index contributed by atoms with van der Waals surface area (Å²) in [5.41, 5.74) is 0. The van der Waals surface area contributed by atoms with Crippen molar-refractivity contribution in [2.24, 2.45) is 0 Å². The Kier molecular flexibility index (Phi) is 4.20. The SMILES string of the molecule is CC(C)Oc1cccc(OC2CCCNC2)n1. The van der Waals surface area contributed by atoms with Crippen LogP contribution >= 0.6 is 0 Å². The van der Waals surface area contributed by atoms with E-state index < -0.39 is 0 Å². The predicted molar refractivity (Wildman–Crippen MR) is 66.5 cm³/mol. The van der Waals surface area contributed by atoms with Crippen LogP contribution in [0.2, 0.25) is 0 Å². The molecule has 1 N–H and O–H groups in total. The van der Waals surface area contributed by atoms with Gasteiger partial charge in [-0.25, -0.2) is 0 Å². The van der Waals surface area contributed by atoms with Gasteiger partial charge in [0.25, 0.3) is 0 Å². The number of pyridine rings is 1. The maximum atomic E-state index is 5.82. The van der Waals surface area contributed by atoms with Crippen molar-refractivity contribution in [3.8, 4) is 11.8 Å². The van der Waals surface area contributed by atoms with Gasteiger partial charge >= 0.3 is 0 Å². The summed E-state index contributed by atoms with van der Waals surface area (Å²) in [5.74, 6) is 1.28. The Hall–Kier alpha value is -1.29. The third kappa shape index (κ3) is 3.89. The van der Waals surface area contributed by atoms with Gasteiger partial charge in [-0.1, -0.05) is 6.07 Å². The Morgan fingerprint density at radius 3 is 2.88 bits per heavy atom. The van der Waals surface area contributed by atoms with Gasteiger partial charge in [-0.05, 0) is 33.2 Å². The van der Waals surface area contributed by atoms with E-state index in [1.807, 2.05) is 32.0 Å². The second kappa shape index (κ2) is 5.87. The van der Waals surface area contributed by atoms with E-state index >= 15 is 0 Å². The first-order chi connectivity index (χ1) is 8.24. The molecule has 1 fully saturated rings. The first kappa shape index (κ1) is 12.2. The van der Waals surface area contributed by atoms with Crippen LogP contribution in [0.5, 0.6) is 11.8 Å². The minimum absolute atomic E-state index is 0.133. The van der Waals surface area contributed by atoms with Crippen LogP contribution < -0.4 is 14.8 Å². The molecule has 0 aromatic carbocycles. The van der Waals surface area contributed by atoms with Crippen LogP contribution in [0.15, 0.2) is 18.2 Å². The van der Waals surface area contributed by atoms with Crippen molar-refractivity contribution >= 4 is 0 Å². The maximum Gasteiger partial charge on any atom is 0.216 e. The molecule has 4 nitrogen and oxygen atoms in total. The van der Waals surface area contributed by atoms with Crippen LogP contribution in [0, 0.1) is 0 Å². The fraction of sp³-hybridized carbons (Fsp3) is 0.615. The summed E-state index contributed by atoms with van der Waals surface area (Å²) in [5, 5.41) is 3.32. The number of piperidine rings is 1. The van der Waals surface area contributed by atoms with E-state index in [1.54, 1.807) is 0 Å². The minimum atomic E-state index is 0.133. The summed E-state index contributed by atoms with van der Waals surface area (Å²) in [6.07, 6.45) is 2.61. The number of hydrogen-bond acceptors (Lipinski definition) is 4. The highest BCUT2D eigenvalue weighted by atomic mass is 16.5. The van der Waals surface area contributed by atoms with Crippen LogP contribution in [-0.2, 0) is 0 Å². The summed E-state index contributed by atoms with van der Waals surface area (Å²) in [7, 11) is 0. The lowest BCUT2D eigenvalue weighted by molar-refractivity contribution is 0.156. The second-order valence-electron chi connectivity index (χ2n) is 4.57. The summed E-state index contributed by atoms with van der Waals surface area (Å²) < 4.78 is 11.4. The van der Waals surface area contributed by atoms with Crippen LogP contribution in [0.25, 0.3) is 0 Å². The molecule has 17 heavy (non-hydrogen) atoms. The largest absolute Gasteiger partial charge is 0.475 e. The molecule has 1 aromatic heterocycles. The van der Waals surface area contributed by atoms with E-state index in [9.17, 15) is 0 Å². The third-order valence-electron chi connectivity index (χ3n) is 2.59. The monoisotopic (exact) mass is 236 g/mol. The van der Waals surface area contributed by atoms with Crippen LogP contribution in [0.3, 0.4) is 0 Å². The van der Waals surface area contributed by atoms with Gasteiger partial charge in [-0.2, -0.15) is 4.98 Å². The highest BCUT2D eigenvalue weighted by Gasteiger charge is 2.15. The fourth-order valence-corrected chi connectivity index (χ4v) is 1.86. The topological polar surface area (TPSA) is 43.4 Å². The smallest absolute Gasteiger partial charge is 0.216 e. The molecular formula is C13H20N2O2. The molecule has 1 aromatic rings. The van der Waals surface area contributed by atoms with Gasteiger partial charge in [0.2, 0.25) is 11.8 Å². The molecule has 4 heteroatoms. The first-order valence-corrected chi connectivity index (χ1v) is 6.25. The molecule has 1 saturated heterocycles. The zero-order valence-electron chi connectivity index (χ0n) is 10.5. The zero-order chi connectivity index (χ0) is 12.1. The van der Waals surface area contributed by atoms with Crippen LogP contribution in [-0.4, -0.2) is 30.3 Å². The van der Waals surface area contributed by atoms with Crippen molar-refractivity contribution in [3.63, 3.8) is 0 Å². The van der Waals surface area contributed by atoms with Gasteiger partial charge in [-0.3, -0.25) is 0 Å². The van der Waals surface area contributed by atoms with Crippen molar-refractivity contribution in [3.05, 3.63) is 18.2 Å². The van der Waals surface area contributed by atoms with Gasteiger partial charge < -0.3 is 14.8 Å². The molecule has 2 rings (SSSR count). The predicted octanol–water partition coefficient (Wildman–Crippen LogP) is 2.00. The summed E-state index contributed by atoms with van der Waals surface area (Å²) in [6, 6.07) is 5.64. The highest BCUT2D eigenvalue weighted by molar-refractivity contribution is 5.20. The van der Waals surface area contributed by atoms with Crippen LogP contribution in [0.1, 0.15) is 26.7 Å². The molecule has 0 aliphatic carbocycles. The standard InChI is InChI=1S/C13H20N2O2/c1-10(2)16-12-6-3-7-13(15-12)17-11-5-4-8-14-9-11/h3,6-7,10-11,14H,4-5,8-9H2,1-2H3. The molecule has 1 aliphatic rings. The number of nitrogens with one attached hydrogen (secondary N) is 1. The third-order valence-corrected chi connectivity index (χ3v) is 2.59. The average Bonchev–Trinajstić information content (AvgIpc) is 2.30. The molecule has 1 atom stereocenters. The minimum Gasteiger partial charge on any atom is -0.475 e. The van der Waals surface area contributed by atoms with Gasteiger partial charge in [-0.15, -0.1) is 0 Å². The molecule has 1 unspecified atom stereocenters. The zero-order valence-corrected chi connectivity index (χ0v) is 10.5. The fourth-order valence-electron chi connectivity index (χ4n) is 1.86. The Morgan fingerprint density at radius 2 is 2.18 bits per heavy atom. The molecule has 0 radical (unpaired) electrons. The van der Waals surface area contributed by atoms with Gasteiger partial charge in [0, 0.05) is 18.7 Å². The Bertz CT molecular complexity index is 349. The van der Waals surface area contributed by atoms with Gasteiger partial charge in [0.15, 0.2) is 0 Å². The van der Waals surface area contributed by atoms with Crippen molar-refractivity contribution < 1.29 is 9.47 Å². The quantitative estimate of drug-likeness (QED) is 0.868. The molecule has 0 bridgehead atoms. The molecule has 0 saturated carbocycles. The van der Waals surface area contributed by atoms with Crippen molar-refractivity contribution in [1.82, 2.24) is 10.3 Å². The van der Waals surface area contributed by atoms with E-state index in [0.29, 0.717) is 11.8 Å². The Morgan fingerprint density at radius 1 is 1.35 bits per heavy atom. The summed E-state index contributed by atoms with van der Waals surface area (Å²) >= 11 is 0. The molecule has 1 aliphatic heterocycles. The second-order valence-corrected chi connectivity index (χ2v) is 4.57. The summed E-state index contributed by atoms with van der Waals surface area (Å²) in [6.45, 7) is 5.96. The average molecular weight is 236 g/mol. The number of nitrogens with zero attached hydrogens (tertiary/aromatic N) is 1. The molecule has 2 heterocycles. The highest BCUT2D eigenvalue weighted by Crippen LogP contribution is 2.17. The molecule has 0 spiro atoms. The maximum absolute atomic E-state index is 5.82. The normalized spacial score (nSPS) is 20.3. The number of hydrogen-bond donors (Lipinski definition) is 1. The van der Waals surface area contributed by atoms with E-state index in [4.69, 9.17) is 9.47 Å². The number of aromatic nitrogens is 1.